The number of allylic oxidation sites excluding steroid dienone is 10. The number of nitrogens with zero attached hydrogens (tertiary/aromatic N) is 1. The first-order chi connectivity index (χ1) is 22.9. The fourth-order valence-electron chi connectivity index (χ4n) is 5.73. The first kappa shape index (κ1) is 45.1. The molecule has 0 aromatic rings. The molecule has 0 radical (unpaired) electrons. The van der Waals surface area contributed by atoms with Crippen molar-refractivity contribution in [3.63, 3.8) is 0 Å². The molecule has 0 aliphatic carbocycles. The molecule has 3 heteroatoms. The Bertz CT molecular complexity index is 813. The molecule has 0 saturated carbocycles. The molecule has 0 heterocycles. The summed E-state index contributed by atoms with van der Waals surface area (Å²) in [6.45, 7) is 5.45. The highest BCUT2D eigenvalue weighted by molar-refractivity contribution is 5.69. The smallest absolute Gasteiger partial charge is 0.306 e. The van der Waals surface area contributed by atoms with Crippen molar-refractivity contribution in [1.29, 1.82) is 0 Å². The maximum atomic E-state index is 12.6. The minimum atomic E-state index is 0.0142. The molecule has 0 aliphatic heterocycles. The van der Waals surface area contributed by atoms with Gasteiger partial charge in [0.25, 0.3) is 0 Å². The predicted octanol–water partition coefficient (Wildman–Crippen LogP) is 13.6. The summed E-state index contributed by atoms with van der Waals surface area (Å²) in [5.74, 6) is 0.0142. The molecule has 0 saturated heterocycles. The second-order valence-corrected chi connectivity index (χ2v) is 14.6. The Kier molecular flexibility index (Phi) is 34.0. The summed E-state index contributed by atoms with van der Waals surface area (Å²) in [7, 11) is 6.55. The third kappa shape index (κ3) is 38.5. The Morgan fingerprint density at radius 1 is 0.511 bits per heavy atom. The molecule has 47 heavy (non-hydrogen) atoms. The van der Waals surface area contributed by atoms with Crippen molar-refractivity contribution in [2.24, 2.45) is 0 Å². The van der Waals surface area contributed by atoms with E-state index in [1.54, 1.807) is 0 Å². The van der Waals surface area contributed by atoms with Gasteiger partial charge in [0.1, 0.15) is 6.10 Å². The van der Waals surface area contributed by atoms with Crippen LogP contribution in [0, 0.1) is 0 Å². The zero-order valence-corrected chi connectivity index (χ0v) is 32.2. The van der Waals surface area contributed by atoms with E-state index in [0.717, 1.165) is 56.0 Å². The highest BCUT2D eigenvalue weighted by Crippen LogP contribution is 2.18. The van der Waals surface area contributed by atoms with Gasteiger partial charge in [-0.1, -0.05) is 139 Å². The molecule has 3 nitrogen and oxygen atoms in total. The highest BCUT2D eigenvalue weighted by atomic mass is 16.5. The van der Waals surface area contributed by atoms with Gasteiger partial charge >= 0.3 is 5.97 Å². The van der Waals surface area contributed by atoms with Crippen molar-refractivity contribution in [2.45, 2.75) is 187 Å². The second-order valence-electron chi connectivity index (χ2n) is 14.6. The van der Waals surface area contributed by atoms with Crippen LogP contribution in [0.25, 0.3) is 0 Å². The largest absolute Gasteiger partial charge is 0.462 e. The molecule has 0 spiro atoms. The van der Waals surface area contributed by atoms with Gasteiger partial charge in [0.05, 0.1) is 34.1 Å². The number of carbonyl (C=O) groups is 1. The van der Waals surface area contributed by atoms with Crippen LogP contribution >= 0.6 is 0 Å². The summed E-state index contributed by atoms with van der Waals surface area (Å²) in [5.41, 5.74) is 0. The topological polar surface area (TPSA) is 26.3 Å². The SMILES string of the molecule is CC/C=C\C/C=C\C/C=C\CCCCCCCCC(CCCCCCCC/C=C\C/C=C\CCCCC)OC(=O)CCC[N+](C)(C)C. The van der Waals surface area contributed by atoms with E-state index < -0.39 is 0 Å². The van der Waals surface area contributed by atoms with Gasteiger partial charge in [0.15, 0.2) is 0 Å². The summed E-state index contributed by atoms with van der Waals surface area (Å²) < 4.78 is 6.94. The summed E-state index contributed by atoms with van der Waals surface area (Å²) in [6.07, 6.45) is 53.9. The molecule has 0 aromatic carbocycles. The lowest BCUT2D eigenvalue weighted by molar-refractivity contribution is -0.870. The fraction of sp³-hybridized carbons (Fsp3) is 0.750. The average Bonchev–Trinajstić information content (AvgIpc) is 3.03. The lowest BCUT2D eigenvalue weighted by atomic mass is 10.0. The number of quaternary nitrogens is 1. The van der Waals surface area contributed by atoms with E-state index in [1.165, 1.54) is 116 Å². The van der Waals surface area contributed by atoms with Gasteiger partial charge in [-0.15, -0.1) is 0 Å². The van der Waals surface area contributed by atoms with E-state index in [0.29, 0.717) is 6.42 Å². The van der Waals surface area contributed by atoms with E-state index >= 15 is 0 Å². The van der Waals surface area contributed by atoms with Crippen LogP contribution in [0.1, 0.15) is 181 Å². The quantitative estimate of drug-likeness (QED) is 0.0299. The Labute approximate surface area is 294 Å². The van der Waals surface area contributed by atoms with Crippen LogP contribution in [-0.2, 0) is 9.53 Å². The predicted molar refractivity (Wildman–Crippen MR) is 210 cm³/mol. The Morgan fingerprint density at radius 3 is 1.36 bits per heavy atom. The molecule has 0 aromatic heterocycles. The van der Waals surface area contributed by atoms with Crippen LogP contribution in [0.3, 0.4) is 0 Å². The summed E-state index contributed by atoms with van der Waals surface area (Å²) >= 11 is 0. The molecule has 0 N–H and O–H groups in total. The normalized spacial score (nSPS) is 13.4. The van der Waals surface area contributed by atoms with Gasteiger partial charge < -0.3 is 9.22 Å². The van der Waals surface area contributed by atoms with Crippen LogP contribution < -0.4 is 0 Å². The van der Waals surface area contributed by atoms with Crippen LogP contribution in [0.5, 0.6) is 0 Å². The van der Waals surface area contributed by atoms with E-state index in [1.807, 2.05) is 0 Å². The average molecular weight is 655 g/mol. The monoisotopic (exact) mass is 655 g/mol. The number of unbranched alkanes of at least 4 members (excludes halogenated alkanes) is 15. The van der Waals surface area contributed by atoms with Crippen molar-refractivity contribution in [3.8, 4) is 0 Å². The molecule has 272 valence electrons. The maximum absolute atomic E-state index is 12.6. The zero-order valence-electron chi connectivity index (χ0n) is 32.2. The molecule has 0 rings (SSSR count). The highest BCUT2D eigenvalue weighted by Gasteiger charge is 2.16. The number of rotatable bonds is 34. The number of hydrogen-bond acceptors (Lipinski definition) is 2. The first-order valence-electron chi connectivity index (χ1n) is 20.1. The number of esters is 1. The van der Waals surface area contributed by atoms with Crippen LogP contribution in [0.4, 0.5) is 0 Å². The number of ether oxygens (including phenoxy) is 1. The summed E-state index contributed by atoms with van der Waals surface area (Å²) in [5, 5.41) is 0. The standard InChI is InChI=1S/C44H80NO2/c1-6-8-10-12-14-16-18-20-22-24-26-28-30-32-34-36-39-43(47-44(46)41-38-42-45(3,4)5)40-37-35-33-31-29-27-25-23-21-19-17-15-13-11-9-7-2/h8,10,14-17,20-23,43H,6-7,9,11-13,18-19,24-42H2,1-5H3/q+1/b10-8-,16-14-,17-15-,22-20-,23-21-. The van der Waals surface area contributed by atoms with E-state index in [9.17, 15) is 4.79 Å². The van der Waals surface area contributed by atoms with E-state index in [-0.39, 0.29) is 12.1 Å². The van der Waals surface area contributed by atoms with Crippen molar-refractivity contribution in [2.75, 3.05) is 27.7 Å². The van der Waals surface area contributed by atoms with Gasteiger partial charge in [-0.05, 0) is 89.9 Å². The van der Waals surface area contributed by atoms with Gasteiger partial charge in [0, 0.05) is 6.42 Å². The Hall–Kier alpha value is -1.87. The van der Waals surface area contributed by atoms with Gasteiger partial charge in [-0.2, -0.15) is 0 Å². The van der Waals surface area contributed by atoms with Crippen LogP contribution in [0.2, 0.25) is 0 Å². The molecule has 1 unspecified atom stereocenters. The number of carbonyl (C=O) groups excluding carboxylic acids is 1. The van der Waals surface area contributed by atoms with Crippen molar-refractivity contribution in [3.05, 3.63) is 60.8 Å². The van der Waals surface area contributed by atoms with E-state index in [2.05, 4.69) is 95.8 Å². The number of hydrogen-bond donors (Lipinski definition) is 0. The van der Waals surface area contributed by atoms with Crippen molar-refractivity contribution < 1.29 is 14.0 Å². The van der Waals surface area contributed by atoms with Gasteiger partial charge in [-0.25, -0.2) is 0 Å². The third-order valence-corrected chi connectivity index (χ3v) is 8.66. The van der Waals surface area contributed by atoms with Crippen molar-refractivity contribution in [1.82, 2.24) is 0 Å². The minimum Gasteiger partial charge on any atom is -0.462 e. The molecular formula is C44H80NO2+. The Morgan fingerprint density at radius 2 is 0.915 bits per heavy atom. The van der Waals surface area contributed by atoms with Crippen molar-refractivity contribution >= 4 is 5.97 Å². The molecule has 0 amide bonds. The molecule has 0 aliphatic rings. The Balaban J connectivity index is 4.10. The van der Waals surface area contributed by atoms with E-state index in [4.69, 9.17) is 4.74 Å². The minimum absolute atomic E-state index is 0.0142. The van der Waals surface area contributed by atoms with Crippen LogP contribution in [-0.4, -0.2) is 44.2 Å². The molecule has 0 fully saturated rings. The summed E-state index contributed by atoms with van der Waals surface area (Å²) in [6, 6.07) is 0. The van der Waals surface area contributed by atoms with Gasteiger partial charge in [-0.3, -0.25) is 4.79 Å². The lowest BCUT2D eigenvalue weighted by Gasteiger charge is -2.24. The second kappa shape index (κ2) is 35.4. The maximum Gasteiger partial charge on any atom is 0.306 e. The lowest BCUT2D eigenvalue weighted by Crippen LogP contribution is -2.35. The first-order valence-corrected chi connectivity index (χ1v) is 20.1. The third-order valence-electron chi connectivity index (χ3n) is 8.66. The van der Waals surface area contributed by atoms with Gasteiger partial charge in [0.2, 0.25) is 0 Å². The zero-order chi connectivity index (χ0) is 34.5. The van der Waals surface area contributed by atoms with Crippen LogP contribution in [0.15, 0.2) is 60.8 Å². The summed E-state index contributed by atoms with van der Waals surface area (Å²) in [4.78, 5) is 12.6. The fourth-order valence-corrected chi connectivity index (χ4v) is 5.73. The molecular weight excluding hydrogens is 574 g/mol. The molecule has 1 atom stereocenters. The molecule has 0 bridgehead atoms.